The first kappa shape index (κ1) is 19.9. The molecule has 0 aromatic heterocycles. The van der Waals surface area contributed by atoms with Gasteiger partial charge in [0.2, 0.25) is 0 Å². The fourth-order valence-electron chi connectivity index (χ4n) is 2.56. The number of guanidine groups is 1. The van der Waals surface area contributed by atoms with Crippen molar-refractivity contribution in [3.05, 3.63) is 71.0 Å². The van der Waals surface area contributed by atoms with Gasteiger partial charge in [-0.2, -0.15) is 0 Å². The molecule has 0 spiro atoms. The van der Waals surface area contributed by atoms with Gasteiger partial charge < -0.3 is 10.6 Å². The number of nitrogens with zero attached hydrogens (tertiary/aromatic N) is 2. The molecular formula is C21H29FN4. The van der Waals surface area contributed by atoms with E-state index >= 15 is 0 Å². The molecule has 0 bridgehead atoms. The highest BCUT2D eigenvalue weighted by molar-refractivity contribution is 5.79. The van der Waals surface area contributed by atoms with Gasteiger partial charge in [0.1, 0.15) is 5.82 Å². The van der Waals surface area contributed by atoms with Gasteiger partial charge in [-0.05, 0) is 38.1 Å². The summed E-state index contributed by atoms with van der Waals surface area (Å²) in [6.45, 7) is 6.34. The molecule has 0 saturated carbocycles. The van der Waals surface area contributed by atoms with Crippen LogP contribution in [0, 0.1) is 5.82 Å². The Morgan fingerprint density at radius 1 is 0.962 bits per heavy atom. The Morgan fingerprint density at radius 2 is 1.50 bits per heavy atom. The van der Waals surface area contributed by atoms with E-state index in [4.69, 9.17) is 0 Å². The Bertz CT molecular complexity index is 727. The van der Waals surface area contributed by atoms with E-state index in [1.165, 1.54) is 17.2 Å². The molecule has 0 saturated heterocycles. The van der Waals surface area contributed by atoms with Gasteiger partial charge in [-0.3, -0.25) is 9.89 Å². The van der Waals surface area contributed by atoms with Gasteiger partial charge in [0.15, 0.2) is 5.96 Å². The van der Waals surface area contributed by atoms with E-state index in [2.05, 4.69) is 59.6 Å². The summed E-state index contributed by atoms with van der Waals surface area (Å²) in [4.78, 5) is 6.54. The van der Waals surface area contributed by atoms with Crippen LogP contribution in [0.4, 0.5) is 4.39 Å². The van der Waals surface area contributed by atoms with Crippen molar-refractivity contribution in [1.29, 1.82) is 0 Å². The van der Waals surface area contributed by atoms with Crippen LogP contribution in [-0.4, -0.2) is 31.0 Å². The molecule has 0 unspecified atom stereocenters. The molecule has 2 aromatic rings. The zero-order valence-electron chi connectivity index (χ0n) is 16.1. The summed E-state index contributed by atoms with van der Waals surface area (Å²) in [5.41, 5.74) is 3.14. The van der Waals surface area contributed by atoms with Crippen molar-refractivity contribution < 1.29 is 4.39 Å². The minimum Gasteiger partial charge on any atom is -0.352 e. The third-order valence-corrected chi connectivity index (χ3v) is 4.49. The highest BCUT2D eigenvalue weighted by Crippen LogP contribution is 2.12. The highest BCUT2D eigenvalue weighted by atomic mass is 19.1. The predicted octanol–water partition coefficient (Wildman–Crippen LogP) is 3.53. The lowest BCUT2D eigenvalue weighted by molar-refractivity contribution is 0.265. The summed E-state index contributed by atoms with van der Waals surface area (Å²) in [7, 11) is 3.85. The lowest BCUT2D eigenvalue weighted by Crippen LogP contribution is -2.37. The number of rotatable bonds is 7. The van der Waals surface area contributed by atoms with Crippen LogP contribution < -0.4 is 10.6 Å². The van der Waals surface area contributed by atoms with E-state index in [9.17, 15) is 4.39 Å². The Kier molecular flexibility index (Phi) is 7.60. The van der Waals surface area contributed by atoms with E-state index in [1.54, 1.807) is 19.2 Å². The number of aliphatic imine (C=N–C) groups is 1. The van der Waals surface area contributed by atoms with Crippen molar-refractivity contribution in [2.75, 3.05) is 14.1 Å². The number of hydrogen-bond donors (Lipinski definition) is 2. The lowest BCUT2D eigenvalue weighted by Gasteiger charge is -2.23. The van der Waals surface area contributed by atoms with Crippen LogP contribution in [0.15, 0.2) is 53.5 Å². The fourth-order valence-corrected chi connectivity index (χ4v) is 2.56. The summed E-state index contributed by atoms with van der Waals surface area (Å²) in [6, 6.07) is 15.7. The van der Waals surface area contributed by atoms with E-state index in [0.29, 0.717) is 30.7 Å². The Labute approximate surface area is 156 Å². The van der Waals surface area contributed by atoms with E-state index in [1.807, 2.05) is 12.1 Å². The summed E-state index contributed by atoms with van der Waals surface area (Å²) in [5.74, 6) is 0.442. The number of benzene rings is 2. The van der Waals surface area contributed by atoms with E-state index in [-0.39, 0.29) is 5.82 Å². The number of halogens is 1. The number of nitrogens with one attached hydrogen (secondary N) is 2. The SMILES string of the molecule is CN=C(NCc1ccccc1F)NCc1ccccc1CN(C)C(C)C. The zero-order valence-corrected chi connectivity index (χ0v) is 16.1. The summed E-state index contributed by atoms with van der Waals surface area (Å²) in [5, 5.41) is 6.48. The summed E-state index contributed by atoms with van der Waals surface area (Å²) >= 11 is 0. The normalized spacial score (nSPS) is 11.9. The van der Waals surface area contributed by atoms with E-state index < -0.39 is 0 Å². The molecule has 26 heavy (non-hydrogen) atoms. The van der Waals surface area contributed by atoms with Crippen LogP contribution in [0.5, 0.6) is 0 Å². The van der Waals surface area contributed by atoms with E-state index in [0.717, 1.165) is 6.54 Å². The van der Waals surface area contributed by atoms with Crippen molar-refractivity contribution in [2.24, 2.45) is 4.99 Å². The van der Waals surface area contributed by atoms with Crippen molar-refractivity contribution in [3.8, 4) is 0 Å². The van der Waals surface area contributed by atoms with Crippen LogP contribution in [0.25, 0.3) is 0 Å². The summed E-state index contributed by atoms with van der Waals surface area (Å²) < 4.78 is 13.7. The smallest absolute Gasteiger partial charge is 0.191 e. The molecule has 2 rings (SSSR count). The van der Waals surface area contributed by atoms with Gasteiger partial charge in [-0.15, -0.1) is 0 Å². The van der Waals surface area contributed by atoms with Crippen molar-refractivity contribution in [2.45, 2.75) is 39.5 Å². The summed E-state index contributed by atoms with van der Waals surface area (Å²) in [6.07, 6.45) is 0. The number of hydrogen-bond acceptors (Lipinski definition) is 2. The average Bonchev–Trinajstić information content (AvgIpc) is 2.64. The average molecular weight is 356 g/mol. The Morgan fingerprint density at radius 3 is 2.08 bits per heavy atom. The maximum absolute atomic E-state index is 13.7. The van der Waals surface area contributed by atoms with Crippen LogP contribution in [-0.2, 0) is 19.6 Å². The third-order valence-electron chi connectivity index (χ3n) is 4.49. The molecule has 4 nitrogen and oxygen atoms in total. The first-order valence-corrected chi connectivity index (χ1v) is 8.96. The van der Waals surface area contributed by atoms with Gasteiger partial charge in [-0.25, -0.2) is 4.39 Å². The van der Waals surface area contributed by atoms with Gasteiger partial charge in [0, 0.05) is 38.3 Å². The molecule has 0 aliphatic carbocycles. The predicted molar refractivity (Wildman–Crippen MR) is 106 cm³/mol. The topological polar surface area (TPSA) is 39.7 Å². The zero-order chi connectivity index (χ0) is 18.9. The highest BCUT2D eigenvalue weighted by Gasteiger charge is 2.09. The molecule has 0 fully saturated rings. The van der Waals surface area contributed by atoms with Crippen LogP contribution >= 0.6 is 0 Å². The third kappa shape index (κ3) is 5.85. The van der Waals surface area contributed by atoms with Crippen LogP contribution in [0.1, 0.15) is 30.5 Å². The first-order chi connectivity index (χ1) is 12.5. The minimum absolute atomic E-state index is 0.211. The second-order valence-corrected chi connectivity index (χ2v) is 6.65. The molecule has 0 radical (unpaired) electrons. The molecule has 2 N–H and O–H groups in total. The molecular weight excluding hydrogens is 327 g/mol. The molecule has 0 aliphatic rings. The molecule has 2 aromatic carbocycles. The monoisotopic (exact) mass is 356 g/mol. The molecule has 0 amide bonds. The second-order valence-electron chi connectivity index (χ2n) is 6.65. The molecule has 140 valence electrons. The molecule has 0 atom stereocenters. The van der Waals surface area contributed by atoms with Crippen molar-refractivity contribution in [1.82, 2.24) is 15.5 Å². The largest absolute Gasteiger partial charge is 0.352 e. The quantitative estimate of drug-likeness (QED) is 0.589. The first-order valence-electron chi connectivity index (χ1n) is 8.96. The minimum atomic E-state index is -0.211. The van der Waals surface area contributed by atoms with Gasteiger partial charge in [0.05, 0.1) is 0 Å². The van der Waals surface area contributed by atoms with Crippen LogP contribution in [0.3, 0.4) is 0 Å². The second kappa shape index (κ2) is 9.92. The van der Waals surface area contributed by atoms with Gasteiger partial charge in [0.25, 0.3) is 0 Å². The van der Waals surface area contributed by atoms with Gasteiger partial charge in [-0.1, -0.05) is 42.5 Å². The molecule has 0 heterocycles. The molecule has 5 heteroatoms. The maximum atomic E-state index is 13.7. The van der Waals surface area contributed by atoms with Gasteiger partial charge >= 0.3 is 0 Å². The van der Waals surface area contributed by atoms with Crippen LogP contribution in [0.2, 0.25) is 0 Å². The standard InChI is InChI=1S/C21H29FN4/c1-16(2)26(4)15-19-11-6-5-9-17(19)13-24-21(23-3)25-14-18-10-7-8-12-20(18)22/h5-12,16H,13-15H2,1-4H3,(H2,23,24,25). The maximum Gasteiger partial charge on any atom is 0.191 e. The lowest BCUT2D eigenvalue weighted by atomic mass is 10.1. The molecule has 0 aliphatic heterocycles. The van der Waals surface area contributed by atoms with Crippen molar-refractivity contribution in [3.63, 3.8) is 0 Å². The Balaban J connectivity index is 1.95. The Hall–Kier alpha value is -2.40. The van der Waals surface area contributed by atoms with Crippen molar-refractivity contribution >= 4 is 5.96 Å². The fraction of sp³-hybridized carbons (Fsp3) is 0.381.